The topological polar surface area (TPSA) is 108 Å². The molecule has 3 aromatic rings. The van der Waals surface area contributed by atoms with Gasteiger partial charge in [0.2, 0.25) is 5.91 Å². The second-order valence-corrected chi connectivity index (χ2v) is 14.1. The maximum absolute atomic E-state index is 12.5. The fourth-order valence-corrected chi connectivity index (χ4v) is 7.95. The summed E-state index contributed by atoms with van der Waals surface area (Å²) in [4.78, 5) is 21.9. The van der Waals surface area contributed by atoms with Crippen LogP contribution < -0.4 is 4.90 Å². The van der Waals surface area contributed by atoms with Gasteiger partial charge in [-0.05, 0) is 80.0 Å². The van der Waals surface area contributed by atoms with E-state index in [2.05, 4.69) is 43.9 Å². The SMILES string of the molecule is Cc1ccc2c(cnn2C2CCCCO2)c1-c1c(C#N)c(N2CCC3(CN(C(=O)C=CCO)C3)C2)nc2c1CCC(C)(C)C2. The van der Waals surface area contributed by atoms with Crippen LogP contribution in [0.3, 0.4) is 0 Å². The number of amides is 1. The van der Waals surface area contributed by atoms with E-state index in [0.29, 0.717) is 18.7 Å². The van der Waals surface area contributed by atoms with Crippen LogP contribution >= 0.6 is 0 Å². The van der Waals surface area contributed by atoms with Gasteiger partial charge in [0.25, 0.3) is 0 Å². The molecule has 9 heteroatoms. The number of nitriles is 1. The number of anilines is 1. The average molecular weight is 595 g/mol. The van der Waals surface area contributed by atoms with E-state index in [4.69, 9.17) is 19.9 Å². The van der Waals surface area contributed by atoms with Gasteiger partial charge in [-0.1, -0.05) is 26.0 Å². The van der Waals surface area contributed by atoms with E-state index in [-0.39, 0.29) is 29.6 Å². The van der Waals surface area contributed by atoms with Gasteiger partial charge in [-0.3, -0.25) is 4.79 Å². The summed E-state index contributed by atoms with van der Waals surface area (Å²) in [5, 5.41) is 25.8. The first-order valence-electron chi connectivity index (χ1n) is 16.1. The van der Waals surface area contributed by atoms with E-state index >= 15 is 0 Å². The fourth-order valence-electron chi connectivity index (χ4n) is 7.95. The van der Waals surface area contributed by atoms with Crippen LogP contribution in [0, 0.1) is 29.1 Å². The second kappa shape index (κ2) is 11.0. The monoisotopic (exact) mass is 594 g/mol. The lowest BCUT2D eigenvalue weighted by Crippen LogP contribution is -2.59. The summed E-state index contributed by atoms with van der Waals surface area (Å²) >= 11 is 0. The number of aromatic nitrogens is 3. The Morgan fingerprint density at radius 1 is 1.20 bits per heavy atom. The van der Waals surface area contributed by atoms with Crippen LogP contribution in [-0.2, 0) is 22.4 Å². The van der Waals surface area contributed by atoms with Crippen molar-refractivity contribution in [3.8, 4) is 17.2 Å². The molecule has 1 aromatic carbocycles. The predicted octanol–water partition coefficient (Wildman–Crippen LogP) is 5.08. The molecule has 0 bridgehead atoms. The summed E-state index contributed by atoms with van der Waals surface area (Å²) < 4.78 is 8.15. The van der Waals surface area contributed by atoms with E-state index in [1.807, 2.05) is 15.8 Å². The van der Waals surface area contributed by atoms with Crippen LogP contribution in [0.25, 0.3) is 22.0 Å². The largest absolute Gasteiger partial charge is 0.392 e. The molecular weight excluding hydrogens is 552 g/mol. The Morgan fingerprint density at radius 3 is 2.80 bits per heavy atom. The van der Waals surface area contributed by atoms with E-state index in [1.165, 1.54) is 17.7 Å². The molecule has 1 spiro atoms. The molecule has 2 aromatic heterocycles. The zero-order chi connectivity index (χ0) is 30.6. The molecule has 44 heavy (non-hydrogen) atoms. The molecule has 7 rings (SSSR count). The van der Waals surface area contributed by atoms with E-state index in [0.717, 1.165) is 104 Å². The summed E-state index contributed by atoms with van der Waals surface area (Å²) in [5.41, 5.74) is 7.37. The molecule has 4 aliphatic rings. The summed E-state index contributed by atoms with van der Waals surface area (Å²) in [6.07, 6.45) is 11.8. The number of carbonyl (C=O) groups excluding carboxylic acids is 1. The lowest BCUT2D eigenvalue weighted by Gasteiger charge is -2.47. The summed E-state index contributed by atoms with van der Waals surface area (Å²) in [5.74, 6) is 0.722. The quantitative estimate of drug-likeness (QED) is 0.411. The molecule has 1 aliphatic carbocycles. The van der Waals surface area contributed by atoms with Crippen molar-refractivity contribution in [1.82, 2.24) is 19.7 Å². The third kappa shape index (κ3) is 4.89. The Kier molecular flexibility index (Phi) is 7.25. The standard InChI is InChI=1S/C35H42N6O3/c1-23-9-10-28-26(19-37-41(28)30-8-4-5-16-44-30)31(23)32-24-11-12-34(2,3)17-27(24)38-33(25(32)18-36)39-14-13-35(20-39)21-40(22-35)29(43)7-6-15-42/h6-7,9-10,19,30,42H,4-5,8,11-17,20-22H2,1-3H3. The summed E-state index contributed by atoms with van der Waals surface area (Å²) in [7, 11) is 0. The summed E-state index contributed by atoms with van der Waals surface area (Å²) in [6, 6.07) is 6.94. The molecule has 0 saturated carbocycles. The number of pyridine rings is 1. The molecule has 5 heterocycles. The van der Waals surface area contributed by atoms with Crippen LogP contribution in [0.4, 0.5) is 5.82 Å². The highest BCUT2D eigenvalue weighted by Crippen LogP contribution is 2.48. The van der Waals surface area contributed by atoms with Gasteiger partial charge in [-0.25, -0.2) is 9.67 Å². The number of nitrogens with zero attached hydrogens (tertiary/aromatic N) is 6. The highest BCUT2D eigenvalue weighted by Gasteiger charge is 2.50. The highest BCUT2D eigenvalue weighted by atomic mass is 16.5. The lowest BCUT2D eigenvalue weighted by atomic mass is 9.73. The molecule has 1 atom stereocenters. The number of hydrogen-bond acceptors (Lipinski definition) is 7. The van der Waals surface area contributed by atoms with Crippen molar-refractivity contribution >= 4 is 22.6 Å². The smallest absolute Gasteiger partial charge is 0.246 e. The van der Waals surface area contributed by atoms with Crippen LogP contribution in [-0.4, -0.2) is 70.1 Å². The Morgan fingerprint density at radius 2 is 2.05 bits per heavy atom. The van der Waals surface area contributed by atoms with Gasteiger partial charge < -0.3 is 19.6 Å². The van der Waals surface area contributed by atoms with Crippen molar-refractivity contribution in [2.24, 2.45) is 10.8 Å². The number of ether oxygens (including phenoxy) is 1. The van der Waals surface area contributed by atoms with Crippen molar-refractivity contribution in [3.05, 3.63) is 52.9 Å². The normalized spacial score (nSPS) is 22.4. The number of rotatable bonds is 5. The molecule has 3 fully saturated rings. The zero-order valence-corrected chi connectivity index (χ0v) is 26.1. The van der Waals surface area contributed by atoms with Crippen LogP contribution in [0.1, 0.15) is 74.6 Å². The number of hydrogen-bond donors (Lipinski definition) is 1. The van der Waals surface area contributed by atoms with Crippen molar-refractivity contribution in [3.63, 3.8) is 0 Å². The van der Waals surface area contributed by atoms with Crippen molar-refractivity contribution < 1.29 is 14.6 Å². The lowest BCUT2D eigenvalue weighted by molar-refractivity contribution is -0.136. The first kappa shape index (κ1) is 29.0. The first-order chi connectivity index (χ1) is 21.2. The number of benzene rings is 1. The van der Waals surface area contributed by atoms with E-state index < -0.39 is 0 Å². The fraction of sp³-hybridized carbons (Fsp3) is 0.543. The van der Waals surface area contributed by atoms with Gasteiger partial charge in [0, 0.05) is 60.9 Å². The number of likely N-dealkylation sites (tertiary alicyclic amines) is 1. The molecule has 1 N–H and O–H groups in total. The minimum absolute atomic E-state index is 0.00350. The maximum Gasteiger partial charge on any atom is 0.246 e. The Bertz CT molecular complexity index is 1690. The second-order valence-electron chi connectivity index (χ2n) is 14.1. The van der Waals surface area contributed by atoms with Crippen molar-refractivity contribution in [2.45, 2.75) is 71.9 Å². The molecule has 3 aliphatic heterocycles. The van der Waals surface area contributed by atoms with Gasteiger partial charge in [0.05, 0.1) is 18.3 Å². The number of carbonyl (C=O) groups is 1. The maximum atomic E-state index is 12.5. The van der Waals surface area contributed by atoms with Gasteiger partial charge in [-0.2, -0.15) is 10.4 Å². The molecular formula is C35H42N6O3. The van der Waals surface area contributed by atoms with Gasteiger partial charge in [0.1, 0.15) is 17.5 Å². The van der Waals surface area contributed by atoms with Gasteiger partial charge >= 0.3 is 0 Å². The Balaban J connectivity index is 1.32. The van der Waals surface area contributed by atoms with Crippen LogP contribution in [0.15, 0.2) is 30.5 Å². The number of aliphatic hydroxyl groups is 1. The highest BCUT2D eigenvalue weighted by molar-refractivity contribution is 6.00. The Hall–Kier alpha value is -3.74. The van der Waals surface area contributed by atoms with E-state index in [1.54, 1.807) is 0 Å². The summed E-state index contributed by atoms with van der Waals surface area (Å²) in [6.45, 7) is 10.3. The molecule has 1 amide bonds. The minimum atomic E-state index is -0.138. The zero-order valence-electron chi connectivity index (χ0n) is 26.1. The van der Waals surface area contributed by atoms with Gasteiger partial charge in [0.15, 0.2) is 6.23 Å². The first-order valence-corrected chi connectivity index (χ1v) is 16.1. The van der Waals surface area contributed by atoms with Crippen LogP contribution in [0.5, 0.6) is 0 Å². The predicted molar refractivity (Wildman–Crippen MR) is 169 cm³/mol. The number of aliphatic hydroxyl groups excluding tert-OH is 1. The number of fused-ring (bicyclic) bond motifs is 2. The molecule has 1 unspecified atom stereocenters. The molecule has 230 valence electrons. The van der Waals surface area contributed by atoms with Gasteiger partial charge in [-0.15, -0.1) is 0 Å². The number of aryl methyl sites for hydroxylation is 1. The molecule has 0 radical (unpaired) electrons. The van der Waals surface area contributed by atoms with Crippen molar-refractivity contribution in [1.29, 1.82) is 5.26 Å². The average Bonchev–Trinajstić information content (AvgIpc) is 3.64. The molecule has 9 nitrogen and oxygen atoms in total. The van der Waals surface area contributed by atoms with Crippen molar-refractivity contribution in [2.75, 3.05) is 44.3 Å². The van der Waals surface area contributed by atoms with E-state index in [9.17, 15) is 10.1 Å². The molecule has 3 saturated heterocycles. The third-order valence-corrected chi connectivity index (χ3v) is 10.3. The Labute approximate surface area is 259 Å². The third-order valence-electron chi connectivity index (χ3n) is 10.3. The van der Waals surface area contributed by atoms with Crippen LogP contribution in [0.2, 0.25) is 0 Å². The minimum Gasteiger partial charge on any atom is -0.392 e.